The predicted octanol–water partition coefficient (Wildman–Crippen LogP) is 2.60. The standard InChI is InChI=1S/C11H8O2S/c12-11-7-9(14)6-10(13-11)8-4-2-1-3-5-8/h1-7,14H. The summed E-state index contributed by atoms with van der Waals surface area (Å²) in [6, 6.07) is 12.5. The molecule has 1 aromatic heterocycles. The van der Waals surface area contributed by atoms with Gasteiger partial charge in [-0.2, -0.15) is 0 Å². The van der Waals surface area contributed by atoms with Gasteiger partial charge in [-0.1, -0.05) is 30.3 Å². The molecule has 0 unspecified atom stereocenters. The minimum Gasteiger partial charge on any atom is -0.423 e. The first-order valence-electron chi connectivity index (χ1n) is 4.15. The molecule has 0 saturated carbocycles. The molecule has 0 aliphatic rings. The zero-order chi connectivity index (χ0) is 9.97. The molecule has 0 bridgehead atoms. The Morgan fingerprint density at radius 1 is 1.07 bits per heavy atom. The quantitative estimate of drug-likeness (QED) is 0.724. The van der Waals surface area contributed by atoms with Crippen molar-refractivity contribution in [2.45, 2.75) is 4.90 Å². The fraction of sp³-hybridized carbons (Fsp3) is 0. The average molecular weight is 204 g/mol. The summed E-state index contributed by atoms with van der Waals surface area (Å²) in [7, 11) is 0. The Kier molecular flexibility index (Phi) is 2.41. The van der Waals surface area contributed by atoms with Crippen molar-refractivity contribution in [1.82, 2.24) is 0 Å². The summed E-state index contributed by atoms with van der Waals surface area (Å²) in [6.07, 6.45) is 0. The summed E-state index contributed by atoms with van der Waals surface area (Å²) in [6.45, 7) is 0. The molecule has 0 radical (unpaired) electrons. The lowest BCUT2D eigenvalue weighted by Gasteiger charge is -1.99. The van der Waals surface area contributed by atoms with Gasteiger partial charge in [0.15, 0.2) is 0 Å². The molecular formula is C11H8O2S. The molecule has 3 heteroatoms. The van der Waals surface area contributed by atoms with Crippen LogP contribution in [0.25, 0.3) is 11.3 Å². The SMILES string of the molecule is O=c1cc(S)cc(-c2ccccc2)o1. The maximum atomic E-state index is 11.1. The van der Waals surface area contributed by atoms with Gasteiger partial charge in [0.05, 0.1) is 0 Å². The molecule has 14 heavy (non-hydrogen) atoms. The second kappa shape index (κ2) is 3.72. The summed E-state index contributed by atoms with van der Waals surface area (Å²) in [5, 5.41) is 0. The van der Waals surface area contributed by atoms with Crippen molar-refractivity contribution < 1.29 is 4.42 Å². The molecular weight excluding hydrogens is 196 g/mol. The Labute approximate surface area is 86.6 Å². The molecule has 0 atom stereocenters. The molecule has 70 valence electrons. The van der Waals surface area contributed by atoms with Crippen LogP contribution in [0.5, 0.6) is 0 Å². The summed E-state index contributed by atoms with van der Waals surface area (Å²) < 4.78 is 5.04. The Balaban J connectivity index is 2.58. The molecule has 0 aliphatic heterocycles. The fourth-order valence-electron chi connectivity index (χ4n) is 1.21. The number of rotatable bonds is 1. The van der Waals surface area contributed by atoms with Gasteiger partial charge in [0.2, 0.25) is 0 Å². The van der Waals surface area contributed by atoms with Gasteiger partial charge in [0.1, 0.15) is 5.76 Å². The third kappa shape index (κ3) is 1.88. The largest absolute Gasteiger partial charge is 0.423 e. The number of hydrogen-bond acceptors (Lipinski definition) is 3. The van der Waals surface area contributed by atoms with E-state index in [1.54, 1.807) is 6.07 Å². The van der Waals surface area contributed by atoms with E-state index in [9.17, 15) is 4.79 Å². The minimum absolute atomic E-state index is 0.378. The van der Waals surface area contributed by atoms with E-state index in [2.05, 4.69) is 12.6 Å². The summed E-state index contributed by atoms with van der Waals surface area (Å²) >= 11 is 4.11. The van der Waals surface area contributed by atoms with Crippen molar-refractivity contribution in [3.63, 3.8) is 0 Å². The third-order valence-corrected chi connectivity index (χ3v) is 2.07. The minimum atomic E-state index is -0.378. The highest BCUT2D eigenvalue weighted by Crippen LogP contribution is 2.19. The van der Waals surface area contributed by atoms with Gasteiger partial charge in [0.25, 0.3) is 0 Å². The first kappa shape index (κ1) is 9.09. The van der Waals surface area contributed by atoms with Crippen molar-refractivity contribution in [2.24, 2.45) is 0 Å². The van der Waals surface area contributed by atoms with Gasteiger partial charge >= 0.3 is 5.63 Å². The van der Waals surface area contributed by atoms with Crippen molar-refractivity contribution >= 4 is 12.6 Å². The van der Waals surface area contributed by atoms with Crippen LogP contribution < -0.4 is 5.63 Å². The maximum absolute atomic E-state index is 11.1. The first-order valence-corrected chi connectivity index (χ1v) is 4.60. The van der Waals surface area contributed by atoms with Gasteiger partial charge in [0, 0.05) is 16.5 Å². The van der Waals surface area contributed by atoms with Gasteiger partial charge in [-0.05, 0) is 6.07 Å². The van der Waals surface area contributed by atoms with Crippen LogP contribution in [0.4, 0.5) is 0 Å². The van der Waals surface area contributed by atoms with Crippen LogP contribution in [0.3, 0.4) is 0 Å². The Hall–Kier alpha value is -1.48. The van der Waals surface area contributed by atoms with E-state index in [1.807, 2.05) is 30.3 Å². The van der Waals surface area contributed by atoms with Gasteiger partial charge in [-0.3, -0.25) is 0 Å². The van der Waals surface area contributed by atoms with Crippen molar-refractivity contribution in [3.05, 3.63) is 52.9 Å². The van der Waals surface area contributed by atoms with Crippen LogP contribution >= 0.6 is 12.6 Å². The number of thiol groups is 1. The second-order valence-corrected chi connectivity index (χ2v) is 3.38. The second-order valence-electron chi connectivity index (χ2n) is 2.86. The van der Waals surface area contributed by atoms with Crippen LogP contribution in [0.15, 0.2) is 56.6 Å². The average Bonchev–Trinajstić information content (AvgIpc) is 2.18. The van der Waals surface area contributed by atoms with Crippen LogP contribution in [-0.2, 0) is 0 Å². The molecule has 1 heterocycles. The number of benzene rings is 1. The molecule has 2 nitrogen and oxygen atoms in total. The van der Waals surface area contributed by atoms with E-state index in [-0.39, 0.29) is 5.63 Å². The normalized spacial score (nSPS) is 10.1. The van der Waals surface area contributed by atoms with Crippen molar-refractivity contribution in [3.8, 4) is 11.3 Å². The Morgan fingerprint density at radius 3 is 2.43 bits per heavy atom. The van der Waals surface area contributed by atoms with Gasteiger partial charge in [-0.15, -0.1) is 12.6 Å². The Bertz CT molecular complexity index is 488. The van der Waals surface area contributed by atoms with E-state index < -0.39 is 0 Å². The topological polar surface area (TPSA) is 30.2 Å². The lowest BCUT2D eigenvalue weighted by atomic mass is 10.2. The van der Waals surface area contributed by atoms with E-state index in [4.69, 9.17) is 4.42 Å². The van der Waals surface area contributed by atoms with E-state index in [0.29, 0.717) is 10.7 Å². The van der Waals surface area contributed by atoms with E-state index >= 15 is 0 Å². The molecule has 2 aromatic rings. The van der Waals surface area contributed by atoms with Gasteiger partial charge < -0.3 is 4.42 Å². The maximum Gasteiger partial charge on any atom is 0.337 e. The summed E-state index contributed by atoms with van der Waals surface area (Å²) in [5.41, 5.74) is 0.497. The smallest absolute Gasteiger partial charge is 0.337 e. The van der Waals surface area contributed by atoms with Crippen LogP contribution in [0.2, 0.25) is 0 Å². The van der Waals surface area contributed by atoms with Crippen molar-refractivity contribution in [2.75, 3.05) is 0 Å². The lowest BCUT2D eigenvalue weighted by molar-refractivity contribution is 0.521. The third-order valence-electron chi connectivity index (χ3n) is 1.81. The highest BCUT2D eigenvalue weighted by molar-refractivity contribution is 7.80. The molecule has 2 rings (SSSR count). The zero-order valence-corrected chi connectivity index (χ0v) is 8.20. The highest BCUT2D eigenvalue weighted by Gasteiger charge is 2.01. The molecule has 0 fully saturated rings. The Morgan fingerprint density at radius 2 is 1.79 bits per heavy atom. The molecule has 0 amide bonds. The molecule has 0 saturated heterocycles. The molecule has 0 N–H and O–H groups in total. The monoisotopic (exact) mass is 204 g/mol. The van der Waals surface area contributed by atoms with Crippen LogP contribution in [-0.4, -0.2) is 0 Å². The van der Waals surface area contributed by atoms with Gasteiger partial charge in [-0.25, -0.2) is 4.79 Å². The molecule has 0 spiro atoms. The zero-order valence-electron chi connectivity index (χ0n) is 7.31. The highest BCUT2D eigenvalue weighted by atomic mass is 32.1. The van der Waals surface area contributed by atoms with Crippen LogP contribution in [0.1, 0.15) is 0 Å². The van der Waals surface area contributed by atoms with Crippen molar-refractivity contribution in [1.29, 1.82) is 0 Å². The summed E-state index contributed by atoms with van der Waals surface area (Å²) in [4.78, 5) is 11.7. The number of hydrogen-bond donors (Lipinski definition) is 1. The molecule has 0 aliphatic carbocycles. The predicted molar refractivity (Wildman–Crippen MR) is 57.7 cm³/mol. The lowest BCUT2D eigenvalue weighted by Crippen LogP contribution is -1.96. The molecule has 1 aromatic carbocycles. The van der Waals surface area contributed by atoms with E-state index in [0.717, 1.165) is 5.56 Å². The first-order chi connectivity index (χ1) is 6.75. The van der Waals surface area contributed by atoms with Crippen LogP contribution in [0, 0.1) is 0 Å². The van der Waals surface area contributed by atoms with E-state index in [1.165, 1.54) is 6.07 Å². The fourth-order valence-corrected chi connectivity index (χ4v) is 1.43. The summed E-state index contributed by atoms with van der Waals surface area (Å²) in [5.74, 6) is 0.545.